The van der Waals surface area contributed by atoms with Crippen LogP contribution in [0.4, 0.5) is 5.69 Å². The Balaban J connectivity index is 1.94. The molecule has 0 bridgehead atoms. The molecule has 1 aromatic heterocycles. The lowest BCUT2D eigenvalue weighted by atomic mass is 10.1. The number of carbonyl (C=O) groups is 3. The fraction of sp³-hybridized carbons (Fsp3) is 0.0500. The van der Waals surface area contributed by atoms with Gasteiger partial charge in [0.15, 0.2) is 5.78 Å². The van der Waals surface area contributed by atoms with Crippen molar-refractivity contribution in [2.45, 2.75) is 6.92 Å². The summed E-state index contributed by atoms with van der Waals surface area (Å²) >= 11 is 13.1. The number of hydrogen-bond donors (Lipinski definition) is 1. The van der Waals surface area contributed by atoms with Crippen LogP contribution in [-0.2, 0) is 0 Å². The average Bonchev–Trinajstić information content (AvgIpc) is 3.12. The summed E-state index contributed by atoms with van der Waals surface area (Å²) in [6.07, 6.45) is 0. The first-order valence-corrected chi connectivity index (χ1v) is 9.56. The zero-order valence-corrected chi connectivity index (χ0v) is 16.7. The Morgan fingerprint density at radius 2 is 1.71 bits per heavy atom. The van der Waals surface area contributed by atoms with Crippen molar-refractivity contribution in [3.63, 3.8) is 0 Å². The van der Waals surface area contributed by atoms with Gasteiger partial charge in [-0.15, -0.1) is 11.3 Å². The number of amides is 1. The fourth-order valence-electron chi connectivity index (χ4n) is 2.52. The third kappa shape index (κ3) is 4.25. The number of rotatable bonds is 5. The van der Waals surface area contributed by atoms with Crippen molar-refractivity contribution in [3.8, 4) is 10.4 Å². The summed E-state index contributed by atoms with van der Waals surface area (Å²) in [6, 6.07) is 12.3. The molecule has 0 radical (unpaired) electrons. The summed E-state index contributed by atoms with van der Waals surface area (Å²) in [6.45, 7) is 1.46. The summed E-state index contributed by atoms with van der Waals surface area (Å²) in [5, 5.41) is 14.6. The second kappa shape index (κ2) is 8.14. The second-order valence-electron chi connectivity index (χ2n) is 5.85. The highest BCUT2D eigenvalue weighted by Crippen LogP contribution is 2.31. The molecule has 1 heterocycles. The van der Waals surface area contributed by atoms with E-state index in [1.165, 1.54) is 48.6 Å². The van der Waals surface area contributed by atoms with Gasteiger partial charge in [0, 0.05) is 15.5 Å². The Morgan fingerprint density at radius 3 is 2.32 bits per heavy atom. The molecule has 0 unspecified atom stereocenters. The predicted molar refractivity (Wildman–Crippen MR) is 109 cm³/mol. The standard InChI is InChI=1S/C20H13Cl2NO4S/c1-10(24)17-6-7-18(28-17)11-2-5-16(14(8-11)20(26)27)23-19(25)13-4-3-12(21)9-15(13)22/h2-9H,1H3,(H,23,25)(H,26,27)/p-1. The van der Waals surface area contributed by atoms with Crippen LogP contribution in [0.1, 0.15) is 37.3 Å². The summed E-state index contributed by atoms with van der Waals surface area (Å²) in [7, 11) is 0. The minimum absolute atomic E-state index is 0.0694. The van der Waals surface area contributed by atoms with Crippen LogP contribution >= 0.6 is 34.5 Å². The molecule has 5 nitrogen and oxygen atoms in total. The maximum atomic E-state index is 12.5. The molecule has 142 valence electrons. The van der Waals surface area contributed by atoms with Crippen molar-refractivity contribution in [1.82, 2.24) is 0 Å². The highest BCUT2D eigenvalue weighted by Gasteiger charge is 2.15. The molecule has 3 aromatic rings. The van der Waals surface area contributed by atoms with Gasteiger partial charge in [0.2, 0.25) is 0 Å². The minimum Gasteiger partial charge on any atom is -0.545 e. The number of hydrogen-bond acceptors (Lipinski definition) is 5. The first-order valence-electron chi connectivity index (χ1n) is 7.99. The van der Waals surface area contributed by atoms with Crippen LogP contribution in [0, 0.1) is 0 Å². The molecule has 0 aliphatic carbocycles. The monoisotopic (exact) mass is 432 g/mol. The van der Waals surface area contributed by atoms with E-state index in [1.807, 2.05) is 0 Å². The molecule has 8 heteroatoms. The predicted octanol–water partition coefficient (Wildman–Crippen LogP) is 4.54. The van der Waals surface area contributed by atoms with Crippen molar-refractivity contribution in [3.05, 3.63) is 74.6 Å². The van der Waals surface area contributed by atoms with Gasteiger partial charge in [-0.1, -0.05) is 29.3 Å². The van der Waals surface area contributed by atoms with Gasteiger partial charge >= 0.3 is 0 Å². The second-order valence-corrected chi connectivity index (χ2v) is 7.77. The maximum Gasteiger partial charge on any atom is 0.257 e. The molecule has 0 aliphatic rings. The Bertz CT molecular complexity index is 1110. The molecule has 0 saturated carbocycles. The largest absolute Gasteiger partial charge is 0.545 e. The summed E-state index contributed by atoms with van der Waals surface area (Å²) in [5.74, 6) is -2.09. The van der Waals surface area contributed by atoms with Gasteiger partial charge in [-0.2, -0.15) is 0 Å². The molecule has 28 heavy (non-hydrogen) atoms. The highest BCUT2D eigenvalue weighted by atomic mass is 35.5. The fourth-order valence-corrected chi connectivity index (χ4v) is 3.91. The van der Waals surface area contributed by atoms with Crippen LogP contribution in [0.25, 0.3) is 10.4 Å². The van der Waals surface area contributed by atoms with Crippen LogP contribution in [0.2, 0.25) is 10.0 Å². The lowest BCUT2D eigenvalue weighted by Crippen LogP contribution is -2.25. The van der Waals surface area contributed by atoms with E-state index in [9.17, 15) is 19.5 Å². The van der Waals surface area contributed by atoms with E-state index in [1.54, 1.807) is 18.2 Å². The van der Waals surface area contributed by atoms with Crippen molar-refractivity contribution in [2.24, 2.45) is 0 Å². The first-order chi connectivity index (χ1) is 13.3. The van der Waals surface area contributed by atoms with E-state index in [2.05, 4.69) is 5.32 Å². The normalized spacial score (nSPS) is 10.5. The molecule has 1 amide bonds. The average molecular weight is 433 g/mol. The number of benzene rings is 2. The number of carboxylic acid groups (broad SMARTS) is 1. The zero-order valence-electron chi connectivity index (χ0n) is 14.4. The Hall–Kier alpha value is -2.67. The number of anilines is 1. The summed E-state index contributed by atoms with van der Waals surface area (Å²) in [4.78, 5) is 36.8. The SMILES string of the molecule is CC(=O)c1ccc(-c2ccc(NC(=O)c3ccc(Cl)cc3Cl)c(C(=O)[O-])c2)s1. The van der Waals surface area contributed by atoms with E-state index in [0.29, 0.717) is 15.5 Å². The Morgan fingerprint density at radius 1 is 0.964 bits per heavy atom. The number of ketones is 1. The molecule has 0 saturated heterocycles. The van der Waals surface area contributed by atoms with Crippen LogP contribution in [0.15, 0.2) is 48.5 Å². The van der Waals surface area contributed by atoms with Gasteiger partial charge in [0.05, 0.1) is 27.1 Å². The van der Waals surface area contributed by atoms with Crippen LogP contribution in [0.3, 0.4) is 0 Å². The quantitative estimate of drug-likeness (QED) is 0.599. The lowest BCUT2D eigenvalue weighted by molar-refractivity contribution is -0.254. The highest BCUT2D eigenvalue weighted by molar-refractivity contribution is 7.17. The van der Waals surface area contributed by atoms with E-state index in [4.69, 9.17) is 23.2 Å². The maximum absolute atomic E-state index is 12.5. The van der Waals surface area contributed by atoms with Gasteiger partial charge in [-0.05, 0) is 55.0 Å². The molecule has 0 fully saturated rings. The number of carboxylic acids is 1. The van der Waals surface area contributed by atoms with E-state index >= 15 is 0 Å². The van der Waals surface area contributed by atoms with Crippen molar-refractivity contribution in [1.29, 1.82) is 0 Å². The third-order valence-electron chi connectivity index (χ3n) is 3.90. The van der Waals surface area contributed by atoms with Crippen molar-refractivity contribution < 1.29 is 19.5 Å². The smallest absolute Gasteiger partial charge is 0.257 e. The van der Waals surface area contributed by atoms with Gasteiger partial charge < -0.3 is 15.2 Å². The molecule has 0 spiro atoms. The van der Waals surface area contributed by atoms with E-state index in [-0.39, 0.29) is 27.6 Å². The summed E-state index contributed by atoms with van der Waals surface area (Å²) < 4.78 is 0. The number of nitrogens with one attached hydrogen (secondary N) is 1. The topological polar surface area (TPSA) is 86.3 Å². The Kier molecular flexibility index (Phi) is 5.84. The van der Waals surface area contributed by atoms with Gasteiger partial charge in [-0.3, -0.25) is 9.59 Å². The zero-order chi connectivity index (χ0) is 20.4. The number of thiophene rings is 1. The van der Waals surface area contributed by atoms with E-state index in [0.717, 1.165) is 4.88 Å². The number of halogens is 2. The van der Waals surface area contributed by atoms with Gasteiger partial charge in [0.25, 0.3) is 5.91 Å². The van der Waals surface area contributed by atoms with Gasteiger partial charge in [0.1, 0.15) is 0 Å². The minimum atomic E-state index is -1.44. The molecule has 1 N–H and O–H groups in total. The molecule has 2 aromatic carbocycles. The van der Waals surface area contributed by atoms with Gasteiger partial charge in [-0.25, -0.2) is 0 Å². The number of Topliss-reactive ketones (excluding diaryl/α,β-unsaturated/α-hetero) is 1. The van der Waals surface area contributed by atoms with Crippen LogP contribution in [-0.4, -0.2) is 17.7 Å². The number of aromatic carboxylic acids is 1. The van der Waals surface area contributed by atoms with Crippen LogP contribution < -0.4 is 10.4 Å². The molecular weight excluding hydrogens is 421 g/mol. The van der Waals surface area contributed by atoms with Crippen LogP contribution in [0.5, 0.6) is 0 Å². The van der Waals surface area contributed by atoms with Crippen molar-refractivity contribution >= 4 is 57.9 Å². The molecule has 3 rings (SSSR count). The summed E-state index contributed by atoms with van der Waals surface area (Å²) in [5.41, 5.74) is 0.639. The molecule has 0 aliphatic heterocycles. The molecular formula is C20H12Cl2NO4S-. The Labute approximate surface area is 174 Å². The lowest BCUT2D eigenvalue weighted by Gasteiger charge is -2.14. The van der Waals surface area contributed by atoms with E-state index < -0.39 is 11.9 Å². The first kappa shape index (κ1) is 20.1. The third-order valence-corrected chi connectivity index (χ3v) is 5.68. The van der Waals surface area contributed by atoms with Crippen molar-refractivity contribution in [2.75, 3.05) is 5.32 Å². The number of carbonyl (C=O) groups excluding carboxylic acids is 3. The molecule has 0 atom stereocenters.